The number of benzene rings is 1. The maximum absolute atomic E-state index is 13.0. The summed E-state index contributed by atoms with van der Waals surface area (Å²) in [6, 6.07) is 5.98. The summed E-state index contributed by atoms with van der Waals surface area (Å²) in [4.78, 5) is 28.3. The number of hydrogen-bond acceptors (Lipinski definition) is 4. The number of H-pyrrole nitrogens is 1. The average molecular weight is 473 g/mol. The van der Waals surface area contributed by atoms with Crippen molar-refractivity contribution in [3.8, 4) is 0 Å². The number of halogens is 1. The van der Waals surface area contributed by atoms with Crippen LogP contribution in [0.5, 0.6) is 0 Å². The Morgan fingerprint density at radius 3 is 2.70 bits per heavy atom. The fourth-order valence-corrected chi connectivity index (χ4v) is 4.56. The molecule has 0 radical (unpaired) electrons. The summed E-state index contributed by atoms with van der Waals surface area (Å²) >= 11 is 3.49. The van der Waals surface area contributed by atoms with E-state index < -0.39 is 0 Å². The van der Waals surface area contributed by atoms with Gasteiger partial charge in [-0.2, -0.15) is 0 Å². The second kappa shape index (κ2) is 10.1. The van der Waals surface area contributed by atoms with E-state index in [0.29, 0.717) is 22.7 Å². The summed E-state index contributed by atoms with van der Waals surface area (Å²) in [7, 11) is 0. The molecular weight excluding hydrogens is 444 g/mol. The molecule has 1 heterocycles. The van der Waals surface area contributed by atoms with Crippen molar-refractivity contribution in [1.29, 1.82) is 5.41 Å². The molecule has 1 aliphatic carbocycles. The van der Waals surface area contributed by atoms with Gasteiger partial charge in [-0.1, -0.05) is 42.1 Å². The van der Waals surface area contributed by atoms with Crippen molar-refractivity contribution < 1.29 is 4.79 Å². The van der Waals surface area contributed by atoms with Gasteiger partial charge in [0.05, 0.1) is 5.56 Å². The Kier molecular flexibility index (Phi) is 7.48. The van der Waals surface area contributed by atoms with Crippen LogP contribution < -0.4 is 16.2 Å². The van der Waals surface area contributed by atoms with Crippen LogP contribution in [-0.2, 0) is 13.0 Å². The zero-order chi connectivity index (χ0) is 21.7. The predicted octanol–water partition coefficient (Wildman–Crippen LogP) is 4.68. The van der Waals surface area contributed by atoms with E-state index in [-0.39, 0.29) is 18.0 Å². The number of rotatable bonds is 8. The minimum absolute atomic E-state index is 0.152. The smallest absolute Gasteiger partial charge is 0.253 e. The maximum atomic E-state index is 13.0. The molecule has 0 atom stereocenters. The predicted molar refractivity (Wildman–Crippen MR) is 125 cm³/mol. The Labute approximate surface area is 185 Å². The van der Waals surface area contributed by atoms with Gasteiger partial charge in [0.25, 0.3) is 11.5 Å². The highest BCUT2D eigenvalue weighted by Crippen LogP contribution is 2.29. The van der Waals surface area contributed by atoms with Gasteiger partial charge in [0.15, 0.2) is 0 Å². The molecule has 1 saturated carbocycles. The molecule has 6 nitrogen and oxygen atoms in total. The highest BCUT2D eigenvalue weighted by atomic mass is 79.9. The lowest BCUT2D eigenvalue weighted by atomic mass is 10.0. The van der Waals surface area contributed by atoms with Gasteiger partial charge in [-0.05, 0) is 49.9 Å². The van der Waals surface area contributed by atoms with E-state index in [9.17, 15) is 9.59 Å². The van der Waals surface area contributed by atoms with Crippen molar-refractivity contribution in [2.24, 2.45) is 0 Å². The third-order valence-electron chi connectivity index (χ3n) is 5.56. The Bertz CT molecular complexity index is 993. The van der Waals surface area contributed by atoms with E-state index >= 15 is 0 Å². The quantitative estimate of drug-likeness (QED) is 0.419. The molecule has 0 saturated heterocycles. The molecular formula is C23H29BrN4O2. The van der Waals surface area contributed by atoms with Gasteiger partial charge in [-0.15, -0.1) is 0 Å². The Balaban J connectivity index is 1.84. The maximum Gasteiger partial charge on any atom is 0.253 e. The minimum atomic E-state index is -0.299. The molecule has 160 valence electrons. The standard InChI is InChI=1S/C23H29BrN4O2/c1-3-6-15-9-14(2)27-23(30)20(15)13-26-22(29)18-10-16(24)11-21(19(18)12-25)28-17-7-4-5-8-17/h9-12,17,25,28H,3-8,13H2,1-2H3,(H,26,29)(H,27,30). The Hall–Kier alpha value is -2.41. The third-order valence-corrected chi connectivity index (χ3v) is 6.01. The molecule has 30 heavy (non-hydrogen) atoms. The summed E-state index contributed by atoms with van der Waals surface area (Å²) in [6.07, 6.45) is 7.52. The lowest BCUT2D eigenvalue weighted by molar-refractivity contribution is 0.0950. The number of amides is 1. The molecule has 4 N–H and O–H groups in total. The largest absolute Gasteiger partial charge is 0.382 e. The van der Waals surface area contributed by atoms with Crippen LogP contribution in [0.4, 0.5) is 5.69 Å². The van der Waals surface area contributed by atoms with Crippen molar-refractivity contribution in [1.82, 2.24) is 10.3 Å². The molecule has 1 fully saturated rings. The number of aryl methyl sites for hydroxylation is 2. The summed E-state index contributed by atoms with van der Waals surface area (Å²) in [5, 5.41) is 14.3. The molecule has 1 aliphatic rings. The molecule has 1 aromatic carbocycles. The Morgan fingerprint density at radius 2 is 2.03 bits per heavy atom. The highest BCUT2D eigenvalue weighted by molar-refractivity contribution is 9.10. The average Bonchev–Trinajstić information content (AvgIpc) is 3.20. The van der Waals surface area contributed by atoms with E-state index in [1.165, 1.54) is 19.1 Å². The first-order valence-electron chi connectivity index (χ1n) is 10.5. The number of hydrogen-bond donors (Lipinski definition) is 4. The van der Waals surface area contributed by atoms with Crippen LogP contribution in [-0.4, -0.2) is 23.1 Å². The molecule has 0 spiro atoms. The van der Waals surface area contributed by atoms with Crippen LogP contribution in [0.15, 0.2) is 27.5 Å². The molecule has 0 aliphatic heterocycles. The van der Waals surface area contributed by atoms with Gasteiger partial charge in [0, 0.05) is 45.8 Å². The summed E-state index contributed by atoms with van der Waals surface area (Å²) < 4.78 is 0.776. The second-order valence-electron chi connectivity index (χ2n) is 7.90. The topological polar surface area (TPSA) is 97.8 Å². The molecule has 0 bridgehead atoms. The number of aromatic amines is 1. The minimum Gasteiger partial charge on any atom is -0.382 e. The van der Waals surface area contributed by atoms with Gasteiger partial charge < -0.3 is 21.0 Å². The van der Waals surface area contributed by atoms with Gasteiger partial charge in [-0.25, -0.2) is 0 Å². The van der Waals surface area contributed by atoms with Crippen LogP contribution >= 0.6 is 15.9 Å². The van der Waals surface area contributed by atoms with Gasteiger partial charge in [-0.3, -0.25) is 9.59 Å². The summed E-state index contributed by atoms with van der Waals surface area (Å²) in [5.41, 5.74) is 3.98. The van der Waals surface area contributed by atoms with Gasteiger partial charge in [0.2, 0.25) is 0 Å². The summed E-state index contributed by atoms with van der Waals surface area (Å²) in [6.45, 7) is 4.08. The molecule has 1 amide bonds. The molecule has 0 unspecified atom stereocenters. The first-order valence-corrected chi connectivity index (χ1v) is 11.3. The molecule has 7 heteroatoms. The Morgan fingerprint density at radius 1 is 1.30 bits per heavy atom. The van der Waals surface area contributed by atoms with Crippen molar-refractivity contribution in [3.05, 3.63) is 61.0 Å². The zero-order valence-electron chi connectivity index (χ0n) is 17.5. The number of carbonyl (C=O) groups excluding carboxylic acids is 1. The van der Waals surface area contributed by atoms with Crippen LogP contribution in [0.2, 0.25) is 0 Å². The van der Waals surface area contributed by atoms with Gasteiger partial charge >= 0.3 is 0 Å². The van der Waals surface area contributed by atoms with Gasteiger partial charge in [0.1, 0.15) is 0 Å². The fourth-order valence-electron chi connectivity index (χ4n) is 4.11. The van der Waals surface area contributed by atoms with Crippen LogP contribution in [0.25, 0.3) is 0 Å². The van der Waals surface area contributed by atoms with Crippen LogP contribution in [0, 0.1) is 12.3 Å². The van der Waals surface area contributed by atoms with E-state index in [4.69, 9.17) is 5.41 Å². The van der Waals surface area contributed by atoms with Crippen LogP contribution in [0.3, 0.4) is 0 Å². The molecule has 2 aromatic rings. The lowest BCUT2D eigenvalue weighted by Crippen LogP contribution is -2.29. The number of aromatic nitrogens is 1. The number of carbonyl (C=O) groups is 1. The van der Waals surface area contributed by atoms with Crippen molar-refractivity contribution in [2.45, 2.75) is 65.0 Å². The fraction of sp³-hybridized carbons (Fsp3) is 0.435. The normalized spacial score (nSPS) is 14.0. The third kappa shape index (κ3) is 5.19. The first kappa shape index (κ1) is 22.3. The molecule has 3 rings (SSSR count). The number of pyridine rings is 1. The number of anilines is 1. The van der Waals surface area contributed by atoms with Crippen molar-refractivity contribution >= 4 is 33.7 Å². The van der Waals surface area contributed by atoms with Crippen molar-refractivity contribution in [3.63, 3.8) is 0 Å². The van der Waals surface area contributed by atoms with Crippen molar-refractivity contribution in [2.75, 3.05) is 5.32 Å². The molecule has 1 aromatic heterocycles. The second-order valence-corrected chi connectivity index (χ2v) is 8.82. The highest BCUT2D eigenvalue weighted by Gasteiger charge is 2.20. The lowest BCUT2D eigenvalue weighted by Gasteiger charge is -2.18. The number of nitrogens with one attached hydrogen (secondary N) is 4. The van der Waals surface area contributed by atoms with E-state index in [2.05, 4.69) is 38.5 Å². The monoisotopic (exact) mass is 472 g/mol. The van der Waals surface area contributed by atoms with Crippen LogP contribution in [0.1, 0.15) is 71.8 Å². The first-order chi connectivity index (χ1) is 14.4. The van der Waals surface area contributed by atoms with E-state index in [1.54, 1.807) is 6.07 Å². The van der Waals surface area contributed by atoms with E-state index in [0.717, 1.165) is 47.1 Å². The summed E-state index contributed by atoms with van der Waals surface area (Å²) in [5.74, 6) is -0.299. The SMILES string of the molecule is CCCc1cc(C)[nH]c(=O)c1CNC(=O)c1cc(Br)cc(NC2CCCC2)c1C=N. The van der Waals surface area contributed by atoms with E-state index in [1.807, 2.05) is 19.1 Å². The zero-order valence-corrected chi connectivity index (χ0v) is 19.1.